The Labute approximate surface area is 140 Å². The maximum Gasteiger partial charge on any atom is 0.472 e. The predicted molar refractivity (Wildman–Crippen MR) is 85.5 cm³/mol. The van der Waals surface area contributed by atoms with Crippen molar-refractivity contribution in [3.05, 3.63) is 30.3 Å². The zero-order chi connectivity index (χ0) is 17.4. The molecule has 2 aliphatic heterocycles. The lowest BCUT2D eigenvalue weighted by atomic mass is 9.93. The maximum absolute atomic E-state index is 11.9. The highest BCUT2D eigenvalue weighted by atomic mass is 31.2. The van der Waals surface area contributed by atoms with Crippen molar-refractivity contribution in [3.63, 3.8) is 0 Å². The Bertz CT molecular complexity index is 615. The molecule has 3 rings (SSSR count). The average molecular weight is 359 g/mol. The summed E-state index contributed by atoms with van der Waals surface area (Å²) in [6.07, 6.45) is -1.69. The molecular weight excluding hydrogens is 337 g/mol. The second-order valence-corrected chi connectivity index (χ2v) is 7.45. The highest BCUT2D eigenvalue weighted by molar-refractivity contribution is 7.47. The number of hydrogen-bond donors (Lipinski definition) is 1. The minimum absolute atomic E-state index is 0.189. The van der Waals surface area contributed by atoms with Gasteiger partial charge >= 0.3 is 7.82 Å². The standard InChI is InChI=1S/C15H22NO7P/c1-11-13-14(23-24(17,18)20-3)15(21-11,10-19-2)9-16(22-13)12-7-5-4-6-8-12/h4-8,11,13-14H,9-10H2,1-3H3,(H,17,18)/t11?,13?,14-,15?/m0/s1. The first-order chi connectivity index (χ1) is 11.4. The molecule has 2 bridgehead atoms. The van der Waals surface area contributed by atoms with Crippen LogP contribution in [0.4, 0.5) is 5.69 Å². The second kappa shape index (κ2) is 6.72. The third-order valence-electron chi connectivity index (χ3n) is 4.27. The topological polar surface area (TPSA) is 86.7 Å². The van der Waals surface area contributed by atoms with Crippen LogP contribution in [0.25, 0.3) is 0 Å². The molecule has 0 aliphatic carbocycles. The molecule has 9 heteroatoms. The number of methoxy groups -OCH3 is 1. The first-order valence-corrected chi connectivity index (χ1v) is 9.13. The molecule has 1 aromatic rings. The lowest BCUT2D eigenvalue weighted by molar-refractivity contribution is -0.136. The quantitative estimate of drug-likeness (QED) is 0.769. The van der Waals surface area contributed by atoms with Gasteiger partial charge in [0.25, 0.3) is 0 Å². The highest BCUT2D eigenvalue weighted by Crippen LogP contribution is 2.51. The Balaban J connectivity index is 1.91. The Kier molecular flexibility index (Phi) is 4.99. The van der Waals surface area contributed by atoms with Crippen molar-refractivity contribution in [1.82, 2.24) is 0 Å². The van der Waals surface area contributed by atoms with E-state index in [-0.39, 0.29) is 12.7 Å². The molecule has 2 aliphatic rings. The van der Waals surface area contributed by atoms with Crippen LogP contribution < -0.4 is 5.06 Å². The SMILES string of the molecule is COCC12CN(c3ccccc3)OC(C(C)O1)[C@@H]2OP(=O)(O)OC. The maximum atomic E-state index is 11.9. The van der Waals surface area contributed by atoms with Gasteiger partial charge < -0.3 is 14.4 Å². The van der Waals surface area contributed by atoms with Crippen LogP contribution in [0, 0.1) is 0 Å². The Morgan fingerprint density at radius 1 is 1.38 bits per heavy atom. The fraction of sp³-hybridized carbons (Fsp3) is 0.600. The summed E-state index contributed by atoms with van der Waals surface area (Å²) in [4.78, 5) is 15.7. The van der Waals surface area contributed by atoms with Crippen molar-refractivity contribution in [3.8, 4) is 0 Å². The van der Waals surface area contributed by atoms with Crippen LogP contribution in [0.3, 0.4) is 0 Å². The fourth-order valence-electron chi connectivity index (χ4n) is 3.24. The van der Waals surface area contributed by atoms with E-state index in [0.29, 0.717) is 6.54 Å². The van der Waals surface area contributed by atoms with Crippen LogP contribution in [0.2, 0.25) is 0 Å². The zero-order valence-corrected chi connectivity index (χ0v) is 14.7. The van der Waals surface area contributed by atoms with Gasteiger partial charge in [-0.2, -0.15) is 0 Å². The van der Waals surface area contributed by atoms with Gasteiger partial charge in [-0.15, -0.1) is 0 Å². The van der Waals surface area contributed by atoms with Crippen molar-refractivity contribution < 1.29 is 32.8 Å². The van der Waals surface area contributed by atoms with Gasteiger partial charge in [0, 0.05) is 14.2 Å². The number of nitrogens with zero attached hydrogens (tertiary/aromatic N) is 1. The summed E-state index contributed by atoms with van der Waals surface area (Å²) in [7, 11) is -1.53. The van der Waals surface area contributed by atoms with Crippen molar-refractivity contribution in [2.24, 2.45) is 0 Å². The average Bonchev–Trinajstić information content (AvgIpc) is 2.71. The zero-order valence-electron chi connectivity index (χ0n) is 13.8. The number of anilines is 1. The molecular formula is C15H22NO7P. The largest absolute Gasteiger partial charge is 0.472 e. The summed E-state index contributed by atoms with van der Waals surface area (Å²) in [5, 5.41) is 1.71. The molecule has 1 N–H and O–H groups in total. The summed E-state index contributed by atoms with van der Waals surface area (Å²) in [6, 6.07) is 9.56. The van der Waals surface area contributed by atoms with E-state index in [0.717, 1.165) is 12.8 Å². The molecule has 2 saturated heterocycles. The summed E-state index contributed by atoms with van der Waals surface area (Å²) in [5.74, 6) is 0. The molecule has 5 atom stereocenters. The number of ether oxygens (including phenoxy) is 2. The Morgan fingerprint density at radius 2 is 2.08 bits per heavy atom. The smallest absolute Gasteiger partial charge is 0.382 e. The van der Waals surface area contributed by atoms with Crippen LogP contribution in [0.1, 0.15) is 6.92 Å². The van der Waals surface area contributed by atoms with Crippen LogP contribution in [0.15, 0.2) is 30.3 Å². The molecule has 0 aromatic heterocycles. The number of para-hydroxylation sites is 1. The van der Waals surface area contributed by atoms with E-state index >= 15 is 0 Å². The number of phosphoric ester groups is 1. The van der Waals surface area contributed by atoms with Gasteiger partial charge in [-0.3, -0.25) is 18.9 Å². The summed E-state index contributed by atoms with van der Waals surface area (Å²) in [6.45, 7) is 2.32. The van der Waals surface area contributed by atoms with Gasteiger partial charge in [-0.05, 0) is 19.1 Å². The number of hydroxylamine groups is 1. The van der Waals surface area contributed by atoms with Crippen LogP contribution in [-0.4, -0.2) is 56.2 Å². The molecule has 1 aromatic carbocycles. The fourth-order valence-corrected chi connectivity index (χ4v) is 3.93. The Hall–Kier alpha value is -0.990. The van der Waals surface area contributed by atoms with E-state index < -0.39 is 25.6 Å². The number of fused-ring (bicyclic) bond motifs is 2. The molecule has 4 unspecified atom stereocenters. The first-order valence-electron chi connectivity index (χ1n) is 7.64. The molecule has 134 valence electrons. The van der Waals surface area contributed by atoms with Crippen molar-refractivity contribution >= 4 is 13.5 Å². The van der Waals surface area contributed by atoms with Crippen molar-refractivity contribution in [2.75, 3.05) is 32.4 Å². The Morgan fingerprint density at radius 3 is 2.71 bits per heavy atom. The summed E-state index contributed by atoms with van der Waals surface area (Å²) < 4.78 is 33.2. The minimum atomic E-state index is -4.20. The third kappa shape index (κ3) is 3.23. The van der Waals surface area contributed by atoms with E-state index in [1.807, 2.05) is 37.3 Å². The van der Waals surface area contributed by atoms with Gasteiger partial charge in [0.05, 0.1) is 24.9 Å². The van der Waals surface area contributed by atoms with E-state index in [4.69, 9.17) is 18.8 Å². The second-order valence-electron chi connectivity index (χ2n) is 5.94. The monoisotopic (exact) mass is 359 g/mol. The molecule has 0 saturated carbocycles. The molecule has 2 heterocycles. The summed E-state index contributed by atoms with van der Waals surface area (Å²) >= 11 is 0. The molecule has 0 radical (unpaired) electrons. The number of hydrogen-bond acceptors (Lipinski definition) is 7. The van der Waals surface area contributed by atoms with E-state index in [1.165, 1.54) is 0 Å². The number of phosphoric acid groups is 1. The minimum Gasteiger partial charge on any atom is -0.382 e. The van der Waals surface area contributed by atoms with Crippen LogP contribution in [0.5, 0.6) is 0 Å². The highest BCUT2D eigenvalue weighted by Gasteiger charge is 2.62. The van der Waals surface area contributed by atoms with Gasteiger partial charge in [0.15, 0.2) is 0 Å². The summed E-state index contributed by atoms with van der Waals surface area (Å²) in [5.41, 5.74) is -0.0813. The molecule has 0 spiro atoms. The molecule has 2 fully saturated rings. The number of benzene rings is 1. The molecule has 24 heavy (non-hydrogen) atoms. The molecule has 8 nitrogen and oxygen atoms in total. The van der Waals surface area contributed by atoms with E-state index in [2.05, 4.69) is 4.52 Å². The van der Waals surface area contributed by atoms with Gasteiger partial charge in [-0.25, -0.2) is 4.57 Å². The molecule has 0 amide bonds. The third-order valence-corrected chi connectivity index (χ3v) is 5.23. The van der Waals surface area contributed by atoms with Crippen LogP contribution >= 0.6 is 7.82 Å². The normalized spacial score (nSPS) is 35.0. The lowest BCUT2D eigenvalue weighted by Gasteiger charge is -2.43. The number of rotatable bonds is 6. The van der Waals surface area contributed by atoms with Gasteiger partial charge in [0.1, 0.15) is 17.8 Å². The van der Waals surface area contributed by atoms with Crippen molar-refractivity contribution in [2.45, 2.75) is 30.8 Å². The van der Waals surface area contributed by atoms with E-state index in [9.17, 15) is 9.46 Å². The van der Waals surface area contributed by atoms with Crippen molar-refractivity contribution in [1.29, 1.82) is 0 Å². The van der Waals surface area contributed by atoms with Gasteiger partial charge in [0.2, 0.25) is 0 Å². The first kappa shape index (κ1) is 17.8. The van der Waals surface area contributed by atoms with E-state index in [1.54, 1.807) is 12.2 Å². The van der Waals surface area contributed by atoms with Gasteiger partial charge in [-0.1, -0.05) is 18.2 Å². The predicted octanol–water partition coefficient (Wildman–Crippen LogP) is 1.74. The van der Waals surface area contributed by atoms with Crippen LogP contribution in [-0.2, 0) is 27.9 Å². The lowest BCUT2D eigenvalue weighted by Crippen LogP contribution is -2.61.